The Morgan fingerprint density at radius 1 is 1.21 bits per heavy atom. The van der Waals surface area contributed by atoms with Crippen LogP contribution in [0.5, 0.6) is 0 Å². The first-order chi connectivity index (χ1) is 9.35. The van der Waals surface area contributed by atoms with Gasteiger partial charge in [0.15, 0.2) is 0 Å². The fraction of sp³-hybridized carbons (Fsp3) is 0.438. The van der Waals surface area contributed by atoms with Crippen LogP contribution in [0.1, 0.15) is 31.7 Å². The highest BCUT2D eigenvalue weighted by atomic mass is 14.9. The fourth-order valence-electron chi connectivity index (χ4n) is 2.21. The molecule has 0 aliphatic rings. The second-order valence-corrected chi connectivity index (χ2v) is 4.88. The molecule has 3 heteroatoms. The summed E-state index contributed by atoms with van der Waals surface area (Å²) < 4.78 is 0. The molecular weight excluding hydrogens is 234 g/mol. The highest BCUT2D eigenvalue weighted by molar-refractivity contribution is 5.91. The number of rotatable bonds is 7. The molecule has 0 saturated carbocycles. The third-order valence-electron chi connectivity index (χ3n) is 3.32. The maximum atomic E-state index is 5.53. The Morgan fingerprint density at radius 2 is 2.11 bits per heavy atom. The fourth-order valence-corrected chi connectivity index (χ4v) is 2.21. The molecule has 102 valence electrons. The minimum Gasteiger partial charge on any atom is -0.384 e. The Balaban J connectivity index is 2.24. The number of anilines is 1. The van der Waals surface area contributed by atoms with E-state index >= 15 is 0 Å². The maximum Gasteiger partial charge on any atom is 0.0722 e. The topological polar surface area (TPSA) is 50.9 Å². The van der Waals surface area contributed by atoms with Gasteiger partial charge in [-0.1, -0.05) is 19.4 Å². The second kappa shape index (κ2) is 7.10. The highest BCUT2D eigenvalue weighted by Gasteiger charge is 2.03. The first-order valence-electron chi connectivity index (χ1n) is 7.16. The van der Waals surface area contributed by atoms with Gasteiger partial charge in [0.1, 0.15) is 0 Å². The summed E-state index contributed by atoms with van der Waals surface area (Å²) in [6.07, 6.45) is 6.45. The minimum absolute atomic E-state index is 0.720. The molecule has 3 nitrogen and oxygen atoms in total. The summed E-state index contributed by atoms with van der Waals surface area (Å²) in [7, 11) is 0. The van der Waals surface area contributed by atoms with E-state index in [-0.39, 0.29) is 0 Å². The van der Waals surface area contributed by atoms with Crippen molar-refractivity contribution >= 4 is 16.6 Å². The summed E-state index contributed by atoms with van der Waals surface area (Å²) in [5.41, 5.74) is 9.14. The van der Waals surface area contributed by atoms with Gasteiger partial charge in [-0.15, -0.1) is 0 Å². The summed E-state index contributed by atoms with van der Waals surface area (Å²) in [6, 6.07) is 8.62. The second-order valence-electron chi connectivity index (χ2n) is 4.88. The SMILES string of the molecule is CCCCc1ccc2nccc(NCCCN)c2c1. The van der Waals surface area contributed by atoms with Crippen molar-refractivity contribution in [2.45, 2.75) is 32.6 Å². The molecule has 0 radical (unpaired) electrons. The van der Waals surface area contributed by atoms with E-state index in [0.29, 0.717) is 0 Å². The zero-order valence-electron chi connectivity index (χ0n) is 11.7. The zero-order valence-corrected chi connectivity index (χ0v) is 11.7. The molecule has 0 fully saturated rings. The van der Waals surface area contributed by atoms with Gasteiger partial charge in [0.2, 0.25) is 0 Å². The molecule has 1 aromatic carbocycles. The van der Waals surface area contributed by atoms with Crippen molar-refractivity contribution in [3.8, 4) is 0 Å². The molecule has 1 heterocycles. The van der Waals surface area contributed by atoms with Crippen LogP contribution in [0.25, 0.3) is 10.9 Å². The first kappa shape index (κ1) is 13.8. The lowest BCUT2D eigenvalue weighted by molar-refractivity contribution is 0.796. The molecule has 0 bridgehead atoms. The molecule has 0 amide bonds. The van der Waals surface area contributed by atoms with Crippen LogP contribution in [0.4, 0.5) is 5.69 Å². The largest absolute Gasteiger partial charge is 0.384 e. The van der Waals surface area contributed by atoms with Crippen LogP contribution < -0.4 is 11.1 Å². The molecule has 3 N–H and O–H groups in total. The Morgan fingerprint density at radius 3 is 2.89 bits per heavy atom. The lowest BCUT2D eigenvalue weighted by Crippen LogP contribution is -2.08. The first-order valence-corrected chi connectivity index (χ1v) is 7.16. The molecule has 0 atom stereocenters. The van der Waals surface area contributed by atoms with Crippen LogP contribution in [-0.4, -0.2) is 18.1 Å². The number of aryl methyl sites for hydroxylation is 1. The van der Waals surface area contributed by atoms with Crippen molar-refractivity contribution in [1.82, 2.24) is 4.98 Å². The number of aromatic nitrogens is 1. The predicted octanol–water partition coefficient (Wildman–Crippen LogP) is 3.34. The van der Waals surface area contributed by atoms with Crippen LogP contribution in [0.15, 0.2) is 30.5 Å². The van der Waals surface area contributed by atoms with Gasteiger partial charge in [0, 0.05) is 23.8 Å². The Hall–Kier alpha value is -1.61. The van der Waals surface area contributed by atoms with E-state index in [9.17, 15) is 0 Å². The van der Waals surface area contributed by atoms with E-state index in [4.69, 9.17) is 5.73 Å². The van der Waals surface area contributed by atoms with Crippen molar-refractivity contribution in [1.29, 1.82) is 0 Å². The molecular formula is C16H23N3. The number of fused-ring (bicyclic) bond motifs is 1. The summed E-state index contributed by atoms with van der Waals surface area (Å²) >= 11 is 0. The van der Waals surface area contributed by atoms with E-state index in [1.807, 2.05) is 12.3 Å². The van der Waals surface area contributed by atoms with Gasteiger partial charge in [0.05, 0.1) is 5.52 Å². The van der Waals surface area contributed by atoms with Crippen molar-refractivity contribution in [2.24, 2.45) is 5.73 Å². The van der Waals surface area contributed by atoms with Crippen molar-refractivity contribution in [2.75, 3.05) is 18.4 Å². The average molecular weight is 257 g/mol. The number of unbranched alkanes of at least 4 members (excludes halogenated alkanes) is 1. The van der Waals surface area contributed by atoms with Gasteiger partial charge < -0.3 is 11.1 Å². The van der Waals surface area contributed by atoms with Crippen LogP contribution in [0.3, 0.4) is 0 Å². The number of nitrogens with two attached hydrogens (primary N) is 1. The van der Waals surface area contributed by atoms with Crippen LogP contribution in [-0.2, 0) is 6.42 Å². The Bertz CT molecular complexity index is 522. The van der Waals surface area contributed by atoms with E-state index < -0.39 is 0 Å². The maximum absolute atomic E-state index is 5.53. The lowest BCUT2D eigenvalue weighted by Gasteiger charge is -2.10. The average Bonchev–Trinajstić information content (AvgIpc) is 2.45. The van der Waals surface area contributed by atoms with Gasteiger partial charge in [-0.05, 0) is 49.6 Å². The van der Waals surface area contributed by atoms with E-state index in [2.05, 4.69) is 35.4 Å². The van der Waals surface area contributed by atoms with Gasteiger partial charge in [0.25, 0.3) is 0 Å². The van der Waals surface area contributed by atoms with Crippen molar-refractivity contribution in [3.63, 3.8) is 0 Å². The van der Waals surface area contributed by atoms with Crippen molar-refractivity contribution < 1.29 is 0 Å². The molecule has 0 aliphatic carbocycles. The quantitative estimate of drug-likeness (QED) is 0.748. The normalized spacial score (nSPS) is 10.8. The molecule has 2 aromatic rings. The molecule has 0 spiro atoms. The third-order valence-corrected chi connectivity index (χ3v) is 3.32. The minimum atomic E-state index is 0.720. The molecule has 0 unspecified atom stereocenters. The van der Waals surface area contributed by atoms with Crippen LogP contribution >= 0.6 is 0 Å². The lowest BCUT2D eigenvalue weighted by atomic mass is 10.0. The summed E-state index contributed by atoms with van der Waals surface area (Å²) in [5.74, 6) is 0. The number of hydrogen-bond acceptors (Lipinski definition) is 3. The number of nitrogens with one attached hydrogen (secondary N) is 1. The van der Waals surface area contributed by atoms with Crippen molar-refractivity contribution in [3.05, 3.63) is 36.0 Å². The summed E-state index contributed by atoms with van der Waals surface area (Å²) in [5, 5.41) is 4.67. The van der Waals surface area contributed by atoms with E-state index in [0.717, 1.165) is 37.1 Å². The Kier molecular flexibility index (Phi) is 5.16. The highest BCUT2D eigenvalue weighted by Crippen LogP contribution is 2.23. The van der Waals surface area contributed by atoms with Gasteiger partial charge in [-0.25, -0.2) is 0 Å². The molecule has 1 aromatic heterocycles. The molecule has 0 saturated heterocycles. The summed E-state index contributed by atoms with van der Waals surface area (Å²) in [6.45, 7) is 3.86. The van der Waals surface area contributed by atoms with E-state index in [1.54, 1.807) is 0 Å². The smallest absolute Gasteiger partial charge is 0.0722 e. The number of hydrogen-bond donors (Lipinski definition) is 2. The summed E-state index contributed by atoms with van der Waals surface area (Å²) in [4.78, 5) is 4.43. The third kappa shape index (κ3) is 3.67. The number of pyridine rings is 1. The van der Waals surface area contributed by atoms with Crippen LogP contribution in [0.2, 0.25) is 0 Å². The standard InChI is InChI=1S/C16H23N3/c1-2-3-5-13-6-7-15-14(12-13)16(8-11-19-15)18-10-4-9-17/h6-8,11-12H,2-5,9-10,17H2,1H3,(H,18,19). The monoisotopic (exact) mass is 257 g/mol. The zero-order chi connectivity index (χ0) is 13.5. The van der Waals surface area contributed by atoms with Gasteiger partial charge >= 0.3 is 0 Å². The molecule has 19 heavy (non-hydrogen) atoms. The number of nitrogens with zero attached hydrogens (tertiary/aromatic N) is 1. The molecule has 0 aliphatic heterocycles. The Labute approximate surface area is 115 Å². The molecule has 2 rings (SSSR count). The van der Waals surface area contributed by atoms with Gasteiger partial charge in [-0.3, -0.25) is 4.98 Å². The van der Waals surface area contributed by atoms with E-state index in [1.165, 1.54) is 23.8 Å². The van der Waals surface area contributed by atoms with Crippen LogP contribution in [0, 0.1) is 0 Å². The van der Waals surface area contributed by atoms with Gasteiger partial charge in [-0.2, -0.15) is 0 Å². The number of benzene rings is 1. The predicted molar refractivity (Wildman–Crippen MR) is 82.5 cm³/mol.